The number of benzene rings is 3. The Morgan fingerprint density at radius 1 is 1.06 bits per heavy atom. The van der Waals surface area contributed by atoms with Gasteiger partial charge in [0.05, 0.1) is 12.3 Å². The van der Waals surface area contributed by atoms with Crippen molar-refractivity contribution in [3.05, 3.63) is 83.9 Å². The van der Waals surface area contributed by atoms with E-state index in [0.29, 0.717) is 24.7 Å². The molecule has 0 spiro atoms. The molecule has 0 saturated carbocycles. The number of rotatable bonds is 9. The maximum atomic E-state index is 13.4. The molecule has 1 heterocycles. The molecule has 0 bridgehead atoms. The minimum absolute atomic E-state index is 0.151. The number of hydrogen-bond donors (Lipinski definition) is 1. The van der Waals surface area contributed by atoms with Crippen molar-refractivity contribution >= 4 is 29.3 Å². The largest absolute Gasteiger partial charge is 0.493 e. The zero-order chi connectivity index (χ0) is 24.6. The van der Waals surface area contributed by atoms with Gasteiger partial charge < -0.3 is 19.7 Å². The summed E-state index contributed by atoms with van der Waals surface area (Å²) in [6.07, 6.45) is 0.932. The lowest BCUT2D eigenvalue weighted by Crippen LogP contribution is -2.49. The van der Waals surface area contributed by atoms with E-state index in [4.69, 9.17) is 9.47 Å². The standard InChI is InChI=1S/C28H30N2O4S/c1-3-15-33-25-14-13-21(16-20(25)2)17-30(27(31)18-34-22-9-5-4-6-10-22)24-19-35-26-12-8-7-11-23(26)29-28(24)32/h4-14,16,24H,3,15,17-19H2,1-2H3,(H,29,32)/t24-/m0/s1. The number of thioether (sulfide) groups is 1. The van der Waals surface area contributed by atoms with E-state index < -0.39 is 6.04 Å². The van der Waals surface area contributed by atoms with E-state index in [-0.39, 0.29) is 18.4 Å². The molecule has 0 saturated heterocycles. The molecular formula is C28H30N2O4S. The number of ether oxygens (including phenoxy) is 2. The van der Waals surface area contributed by atoms with Crippen LogP contribution in [0.3, 0.4) is 0 Å². The number of hydrogen-bond acceptors (Lipinski definition) is 5. The maximum absolute atomic E-state index is 13.4. The van der Waals surface area contributed by atoms with Crippen LogP contribution in [0.2, 0.25) is 0 Å². The molecule has 0 fully saturated rings. The smallest absolute Gasteiger partial charge is 0.261 e. The summed E-state index contributed by atoms with van der Waals surface area (Å²) >= 11 is 1.57. The Morgan fingerprint density at radius 3 is 2.60 bits per heavy atom. The van der Waals surface area contributed by atoms with Crippen LogP contribution >= 0.6 is 11.8 Å². The highest BCUT2D eigenvalue weighted by Gasteiger charge is 2.33. The quantitative estimate of drug-likeness (QED) is 0.441. The molecule has 1 aliphatic heterocycles. The third-order valence-electron chi connectivity index (χ3n) is 5.70. The molecule has 1 aliphatic rings. The van der Waals surface area contributed by atoms with Gasteiger partial charge in [0.15, 0.2) is 6.61 Å². The number of amides is 2. The Hall–Kier alpha value is -3.45. The molecule has 3 aromatic carbocycles. The second-order valence-electron chi connectivity index (χ2n) is 8.38. The number of para-hydroxylation sites is 2. The van der Waals surface area contributed by atoms with E-state index in [0.717, 1.165) is 33.9 Å². The summed E-state index contributed by atoms with van der Waals surface area (Å²) in [5, 5.41) is 3.00. The molecule has 1 atom stereocenters. The molecule has 0 aliphatic carbocycles. The second-order valence-corrected chi connectivity index (χ2v) is 9.45. The van der Waals surface area contributed by atoms with Crippen molar-refractivity contribution in [2.75, 3.05) is 24.3 Å². The molecular weight excluding hydrogens is 460 g/mol. The zero-order valence-electron chi connectivity index (χ0n) is 20.0. The van der Waals surface area contributed by atoms with E-state index in [2.05, 4.69) is 12.2 Å². The minimum atomic E-state index is -0.643. The van der Waals surface area contributed by atoms with E-state index in [1.165, 1.54) is 0 Å². The highest BCUT2D eigenvalue weighted by atomic mass is 32.2. The molecule has 1 N–H and O–H groups in total. The molecule has 35 heavy (non-hydrogen) atoms. The lowest BCUT2D eigenvalue weighted by atomic mass is 10.1. The molecule has 2 amide bonds. The number of carbonyl (C=O) groups is 2. The molecule has 6 nitrogen and oxygen atoms in total. The van der Waals surface area contributed by atoms with Gasteiger partial charge in [-0.3, -0.25) is 9.59 Å². The summed E-state index contributed by atoms with van der Waals surface area (Å²) < 4.78 is 11.5. The number of nitrogens with one attached hydrogen (secondary N) is 1. The van der Waals surface area contributed by atoms with Gasteiger partial charge in [0.2, 0.25) is 5.91 Å². The maximum Gasteiger partial charge on any atom is 0.261 e. The van der Waals surface area contributed by atoms with Crippen LogP contribution < -0.4 is 14.8 Å². The Kier molecular flexibility index (Phi) is 8.32. The average molecular weight is 491 g/mol. The van der Waals surface area contributed by atoms with Gasteiger partial charge in [-0.1, -0.05) is 49.4 Å². The molecule has 0 radical (unpaired) electrons. The fourth-order valence-electron chi connectivity index (χ4n) is 3.89. The van der Waals surface area contributed by atoms with E-state index in [1.54, 1.807) is 28.8 Å². The van der Waals surface area contributed by atoms with Crippen molar-refractivity contribution < 1.29 is 19.1 Å². The summed E-state index contributed by atoms with van der Waals surface area (Å²) in [4.78, 5) is 29.3. The first-order chi connectivity index (χ1) is 17.0. The van der Waals surface area contributed by atoms with Crippen LogP contribution in [-0.2, 0) is 16.1 Å². The first-order valence-corrected chi connectivity index (χ1v) is 12.8. The second kappa shape index (κ2) is 11.8. The number of anilines is 1. The number of aryl methyl sites for hydroxylation is 1. The van der Waals surface area contributed by atoms with Crippen molar-refractivity contribution in [3.63, 3.8) is 0 Å². The summed E-state index contributed by atoms with van der Waals surface area (Å²) in [6.45, 7) is 4.85. The average Bonchev–Trinajstić information content (AvgIpc) is 3.04. The van der Waals surface area contributed by atoms with Gasteiger partial charge >= 0.3 is 0 Å². The first-order valence-electron chi connectivity index (χ1n) is 11.8. The van der Waals surface area contributed by atoms with Crippen LogP contribution in [0.4, 0.5) is 5.69 Å². The monoisotopic (exact) mass is 490 g/mol. The Labute approximate surface area is 210 Å². The molecule has 7 heteroatoms. The van der Waals surface area contributed by atoms with Crippen molar-refractivity contribution in [2.24, 2.45) is 0 Å². The molecule has 0 unspecified atom stereocenters. The van der Waals surface area contributed by atoms with Crippen molar-refractivity contribution in [2.45, 2.75) is 37.8 Å². The topological polar surface area (TPSA) is 67.9 Å². The molecule has 182 valence electrons. The van der Waals surface area contributed by atoms with Crippen LogP contribution in [0, 0.1) is 6.92 Å². The summed E-state index contributed by atoms with van der Waals surface area (Å²) in [5.41, 5.74) is 2.70. The summed E-state index contributed by atoms with van der Waals surface area (Å²) in [6, 6.07) is 22.2. The summed E-state index contributed by atoms with van der Waals surface area (Å²) in [5.74, 6) is 1.45. The van der Waals surface area contributed by atoms with Crippen LogP contribution in [-0.4, -0.2) is 41.7 Å². The number of carbonyl (C=O) groups excluding carboxylic acids is 2. The van der Waals surface area contributed by atoms with Gasteiger partial charge in [-0.15, -0.1) is 11.8 Å². The number of nitrogens with zero attached hydrogens (tertiary/aromatic N) is 1. The van der Waals surface area contributed by atoms with Gasteiger partial charge in [0.25, 0.3) is 5.91 Å². The molecule has 0 aromatic heterocycles. The zero-order valence-corrected chi connectivity index (χ0v) is 20.8. The Morgan fingerprint density at radius 2 is 1.83 bits per heavy atom. The third-order valence-corrected chi connectivity index (χ3v) is 6.85. The van der Waals surface area contributed by atoms with Crippen LogP contribution in [0.15, 0.2) is 77.7 Å². The Bertz CT molecular complexity index is 1170. The lowest BCUT2D eigenvalue weighted by molar-refractivity contribution is -0.140. The van der Waals surface area contributed by atoms with Crippen molar-refractivity contribution in [3.8, 4) is 11.5 Å². The van der Waals surface area contributed by atoms with Crippen LogP contribution in [0.1, 0.15) is 24.5 Å². The molecule has 4 rings (SSSR count). The van der Waals surface area contributed by atoms with E-state index >= 15 is 0 Å². The van der Waals surface area contributed by atoms with Gasteiger partial charge in [0, 0.05) is 17.2 Å². The fourth-order valence-corrected chi connectivity index (χ4v) is 5.00. The fraction of sp³-hybridized carbons (Fsp3) is 0.286. The van der Waals surface area contributed by atoms with Gasteiger partial charge in [-0.05, 0) is 54.8 Å². The highest BCUT2D eigenvalue weighted by Crippen LogP contribution is 2.32. The van der Waals surface area contributed by atoms with Crippen LogP contribution in [0.5, 0.6) is 11.5 Å². The third kappa shape index (κ3) is 6.36. The van der Waals surface area contributed by atoms with Gasteiger partial charge in [-0.25, -0.2) is 0 Å². The number of fused-ring (bicyclic) bond motifs is 1. The van der Waals surface area contributed by atoms with Gasteiger partial charge in [-0.2, -0.15) is 0 Å². The van der Waals surface area contributed by atoms with Crippen molar-refractivity contribution in [1.82, 2.24) is 4.90 Å². The highest BCUT2D eigenvalue weighted by molar-refractivity contribution is 7.99. The van der Waals surface area contributed by atoms with E-state index in [1.807, 2.05) is 67.6 Å². The Balaban J connectivity index is 1.56. The van der Waals surface area contributed by atoms with E-state index in [9.17, 15) is 9.59 Å². The minimum Gasteiger partial charge on any atom is -0.493 e. The summed E-state index contributed by atoms with van der Waals surface area (Å²) in [7, 11) is 0. The SMILES string of the molecule is CCCOc1ccc(CN(C(=O)COc2ccccc2)[C@H]2CSc3ccccc3NC2=O)cc1C. The lowest BCUT2D eigenvalue weighted by Gasteiger charge is -2.30. The first kappa shape index (κ1) is 24.7. The normalized spacial score (nSPS) is 14.9. The van der Waals surface area contributed by atoms with Gasteiger partial charge in [0.1, 0.15) is 17.5 Å². The van der Waals surface area contributed by atoms with Crippen molar-refractivity contribution in [1.29, 1.82) is 0 Å². The predicted octanol–water partition coefficient (Wildman–Crippen LogP) is 5.30. The predicted molar refractivity (Wildman–Crippen MR) is 139 cm³/mol. The van der Waals surface area contributed by atoms with Crippen LogP contribution in [0.25, 0.3) is 0 Å². The molecule has 3 aromatic rings.